The van der Waals surface area contributed by atoms with Gasteiger partial charge >= 0.3 is 0 Å². The molecule has 0 nitrogen and oxygen atoms in total. The van der Waals surface area contributed by atoms with E-state index in [0.29, 0.717) is 0 Å². The van der Waals surface area contributed by atoms with Gasteiger partial charge in [0, 0.05) is 32.7 Å². The van der Waals surface area contributed by atoms with E-state index in [1.54, 1.807) is 0 Å². The Morgan fingerprint density at radius 1 is 0.929 bits per heavy atom. The molecule has 0 fully saturated rings. The summed E-state index contributed by atoms with van der Waals surface area (Å²) in [5, 5.41) is 0. The van der Waals surface area contributed by atoms with Crippen molar-refractivity contribution in [3.63, 3.8) is 0 Å². The smallest absolute Gasteiger partial charge is 0 e. The van der Waals surface area contributed by atoms with Gasteiger partial charge in [-0.2, -0.15) is 6.42 Å². The Kier molecular flexibility index (Phi) is 17.8. The summed E-state index contributed by atoms with van der Waals surface area (Å²) in [7, 11) is 0. The average molecular weight is 273 g/mol. The van der Waals surface area contributed by atoms with E-state index < -0.39 is 0 Å². The molecule has 0 aromatic heterocycles. The second-order valence-electron chi connectivity index (χ2n) is 4.48. The molecular formula is C13H28Y-2. The van der Waals surface area contributed by atoms with E-state index in [4.69, 9.17) is 0 Å². The van der Waals surface area contributed by atoms with Crippen molar-refractivity contribution in [1.82, 2.24) is 0 Å². The second kappa shape index (κ2) is 12.2. The molecule has 0 heterocycles. The molecular weight excluding hydrogens is 245 g/mol. The Morgan fingerprint density at radius 2 is 1.36 bits per heavy atom. The molecule has 0 aliphatic rings. The summed E-state index contributed by atoms with van der Waals surface area (Å²) in [4.78, 5) is 0. The van der Waals surface area contributed by atoms with Gasteiger partial charge in [-0.1, -0.05) is 46.5 Å². The van der Waals surface area contributed by atoms with Crippen LogP contribution in [0.25, 0.3) is 0 Å². The van der Waals surface area contributed by atoms with Gasteiger partial charge in [0.05, 0.1) is 0 Å². The van der Waals surface area contributed by atoms with Gasteiger partial charge < -0.3 is 14.4 Å². The molecule has 1 radical (unpaired) electrons. The molecule has 0 saturated carbocycles. The van der Waals surface area contributed by atoms with Gasteiger partial charge in [-0.3, -0.25) is 0 Å². The maximum Gasteiger partial charge on any atom is 0 e. The summed E-state index contributed by atoms with van der Waals surface area (Å²) in [5.41, 5.74) is 0. The zero-order valence-electron chi connectivity index (χ0n) is 10.8. The van der Waals surface area contributed by atoms with Crippen LogP contribution in [0.2, 0.25) is 0 Å². The Balaban J connectivity index is -0.000000605. The minimum Gasteiger partial charge on any atom is -0.358 e. The molecule has 0 aromatic rings. The summed E-state index contributed by atoms with van der Waals surface area (Å²) in [5.74, 6) is 2.60. The van der Waals surface area contributed by atoms with Gasteiger partial charge in [0.25, 0.3) is 0 Å². The number of hydrogen-bond donors (Lipinski definition) is 0. The van der Waals surface area contributed by atoms with Crippen molar-refractivity contribution in [2.45, 2.75) is 53.4 Å². The van der Waals surface area contributed by atoms with Crippen LogP contribution in [0.15, 0.2) is 0 Å². The number of rotatable bonds is 6. The summed E-state index contributed by atoms with van der Waals surface area (Å²) >= 11 is 0. The Bertz CT molecular complexity index is 89.4. The van der Waals surface area contributed by atoms with Gasteiger partial charge in [0.2, 0.25) is 0 Å². The zero-order chi connectivity index (χ0) is 9.56. The van der Waals surface area contributed by atoms with Crippen LogP contribution in [0.3, 0.4) is 0 Å². The topological polar surface area (TPSA) is 0 Å². The second-order valence-corrected chi connectivity index (χ2v) is 4.48. The fourth-order valence-electron chi connectivity index (χ4n) is 1.75. The van der Waals surface area contributed by atoms with Crippen molar-refractivity contribution in [3.8, 4) is 0 Å². The maximum absolute atomic E-state index is 3.94. The van der Waals surface area contributed by atoms with Crippen molar-refractivity contribution in [2.24, 2.45) is 17.8 Å². The maximum atomic E-state index is 3.94. The normalized spacial score (nSPS) is 16.1. The van der Waals surface area contributed by atoms with Crippen LogP contribution >= 0.6 is 0 Å². The van der Waals surface area contributed by atoms with Crippen molar-refractivity contribution in [1.29, 1.82) is 0 Å². The predicted molar refractivity (Wildman–Crippen MR) is 63.4 cm³/mol. The molecule has 3 unspecified atom stereocenters. The summed E-state index contributed by atoms with van der Waals surface area (Å²) < 4.78 is 0. The molecule has 1 heteroatoms. The molecule has 0 N–H and O–H groups in total. The molecule has 0 amide bonds. The predicted octanol–water partition coefficient (Wildman–Crippen LogP) is 4.76. The fraction of sp³-hybridized carbons (Fsp3) is 0.846. The van der Waals surface area contributed by atoms with E-state index in [9.17, 15) is 0 Å². The van der Waals surface area contributed by atoms with E-state index in [2.05, 4.69) is 34.6 Å². The largest absolute Gasteiger partial charge is 0.358 e. The first kappa shape index (κ1) is 20.5. The van der Waals surface area contributed by atoms with Crippen LogP contribution in [0.1, 0.15) is 53.4 Å². The van der Waals surface area contributed by atoms with E-state index in [1.165, 1.54) is 19.3 Å². The van der Waals surface area contributed by atoms with Crippen molar-refractivity contribution in [2.75, 3.05) is 0 Å². The van der Waals surface area contributed by atoms with Crippen LogP contribution in [-0.2, 0) is 32.7 Å². The third-order valence-electron chi connectivity index (χ3n) is 2.80. The van der Waals surface area contributed by atoms with Gasteiger partial charge in [-0.25, -0.2) is 0 Å². The molecule has 3 atom stereocenters. The third kappa shape index (κ3) is 11.2. The molecule has 0 spiro atoms. The van der Waals surface area contributed by atoms with Crippen molar-refractivity contribution >= 4 is 0 Å². The number of hydrogen-bond acceptors (Lipinski definition) is 0. The standard InChI is InChI=1S/C12H25.CH3.Y/c1-6-10(3)8-12(5)9-11(4)7-2;;/h10-12H,1,6-9H2,2-5H3;1H3;/q2*-1;. The third-order valence-corrected chi connectivity index (χ3v) is 2.80. The first-order valence-electron chi connectivity index (χ1n) is 5.39. The molecule has 0 aromatic carbocycles. The van der Waals surface area contributed by atoms with E-state index in [1.807, 2.05) is 0 Å². The van der Waals surface area contributed by atoms with Gasteiger partial charge in [0.1, 0.15) is 0 Å². The van der Waals surface area contributed by atoms with Gasteiger partial charge in [-0.05, 0) is 18.3 Å². The van der Waals surface area contributed by atoms with Crippen LogP contribution in [0, 0.1) is 32.1 Å². The van der Waals surface area contributed by atoms with Crippen LogP contribution in [-0.4, -0.2) is 0 Å². The van der Waals surface area contributed by atoms with Crippen LogP contribution < -0.4 is 0 Å². The Labute approximate surface area is 118 Å². The van der Waals surface area contributed by atoms with Crippen LogP contribution in [0.5, 0.6) is 0 Å². The summed E-state index contributed by atoms with van der Waals surface area (Å²) in [6, 6.07) is 0. The monoisotopic (exact) mass is 273 g/mol. The zero-order valence-corrected chi connectivity index (χ0v) is 13.7. The van der Waals surface area contributed by atoms with E-state index in [-0.39, 0.29) is 40.1 Å². The molecule has 0 bridgehead atoms. The van der Waals surface area contributed by atoms with Crippen molar-refractivity contribution in [3.05, 3.63) is 14.4 Å². The molecule has 0 saturated heterocycles. The molecule has 14 heavy (non-hydrogen) atoms. The molecule has 0 aliphatic heterocycles. The first-order chi connectivity index (χ1) is 5.60. The van der Waals surface area contributed by atoms with Crippen molar-refractivity contribution < 1.29 is 32.7 Å². The molecule has 0 rings (SSSR count). The summed E-state index contributed by atoms with van der Waals surface area (Å²) in [6.07, 6.45) is 5.16. The molecule has 0 aliphatic carbocycles. The van der Waals surface area contributed by atoms with Gasteiger partial charge in [0.15, 0.2) is 0 Å². The first-order valence-corrected chi connectivity index (χ1v) is 5.39. The van der Waals surface area contributed by atoms with E-state index >= 15 is 0 Å². The fourth-order valence-corrected chi connectivity index (χ4v) is 1.75. The molecule has 85 valence electrons. The Hall–Kier alpha value is 1.10. The van der Waals surface area contributed by atoms with Crippen LogP contribution in [0.4, 0.5) is 0 Å². The summed E-state index contributed by atoms with van der Waals surface area (Å²) in [6.45, 7) is 13.2. The SMILES string of the molecule is [CH2-]CC(C)CC(C)CC(C)CC.[CH3-].[Y]. The minimum atomic E-state index is 0. The van der Waals surface area contributed by atoms with Gasteiger partial charge in [-0.15, -0.1) is 0 Å². The Morgan fingerprint density at radius 3 is 1.71 bits per heavy atom. The minimum absolute atomic E-state index is 0. The average Bonchev–Trinajstić information content (AvgIpc) is 2.03. The van der Waals surface area contributed by atoms with E-state index in [0.717, 1.165) is 24.2 Å². The quantitative estimate of drug-likeness (QED) is 0.612.